The van der Waals surface area contributed by atoms with Crippen molar-refractivity contribution in [2.45, 2.75) is 6.92 Å². The number of Topliss-reactive ketones (excluding diaryl/α,β-unsaturated/α-hetero) is 1. The fourth-order valence-corrected chi connectivity index (χ4v) is 2.52. The monoisotopic (exact) mass is 365 g/mol. The molecule has 0 fully saturated rings. The van der Waals surface area contributed by atoms with E-state index < -0.39 is 0 Å². The van der Waals surface area contributed by atoms with Crippen LogP contribution in [-0.2, 0) is 0 Å². The van der Waals surface area contributed by atoms with Gasteiger partial charge in [-0.05, 0) is 55.5 Å². The molecule has 3 aromatic rings. The third-order valence-corrected chi connectivity index (χ3v) is 4.02. The fourth-order valence-electron chi connectivity index (χ4n) is 2.33. The third-order valence-electron chi connectivity index (χ3n) is 3.69. The van der Waals surface area contributed by atoms with Crippen LogP contribution in [0.4, 0.5) is 17.1 Å². The lowest BCUT2D eigenvalue weighted by Gasteiger charge is -2.10. The zero-order valence-electron chi connectivity index (χ0n) is 14.0. The molecule has 0 aliphatic heterocycles. The minimum Gasteiger partial charge on any atom is -0.354 e. The summed E-state index contributed by atoms with van der Waals surface area (Å²) in [4.78, 5) is 27.8. The number of aromatic nitrogens is 1. The zero-order valence-corrected chi connectivity index (χ0v) is 14.7. The van der Waals surface area contributed by atoms with E-state index in [1.807, 2.05) is 18.2 Å². The average Bonchev–Trinajstić information content (AvgIpc) is 2.64. The number of pyridine rings is 1. The van der Waals surface area contributed by atoms with E-state index >= 15 is 0 Å². The van der Waals surface area contributed by atoms with Crippen LogP contribution in [0, 0.1) is 0 Å². The van der Waals surface area contributed by atoms with Crippen LogP contribution in [0.3, 0.4) is 0 Å². The number of hydrogen-bond acceptors (Lipinski definition) is 4. The van der Waals surface area contributed by atoms with Crippen LogP contribution in [0.25, 0.3) is 0 Å². The number of nitrogens with zero attached hydrogens (tertiary/aromatic N) is 1. The lowest BCUT2D eigenvalue weighted by atomic mass is 10.1. The molecule has 2 aromatic carbocycles. The predicted octanol–water partition coefficient (Wildman–Crippen LogP) is 4.93. The molecule has 0 saturated carbocycles. The van der Waals surface area contributed by atoms with Gasteiger partial charge in [0.2, 0.25) is 0 Å². The van der Waals surface area contributed by atoms with Crippen LogP contribution in [0.15, 0.2) is 66.9 Å². The number of rotatable bonds is 5. The summed E-state index contributed by atoms with van der Waals surface area (Å²) in [6.07, 6.45) is 1.55. The number of carbonyl (C=O) groups is 2. The molecule has 5 nitrogen and oxygen atoms in total. The molecule has 1 heterocycles. The van der Waals surface area contributed by atoms with Crippen molar-refractivity contribution in [1.29, 1.82) is 0 Å². The molecule has 0 spiro atoms. The lowest BCUT2D eigenvalue weighted by Crippen LogP contribution is -2.14. The minimum absolute atomic E-state index is 0.0251. The number of carbonyl (C=O) groups excluding carboxylic acids is 2. The van der Waals surface area contributed by atoms with E-state index in [0.29, 0.717) is 22.0 Å². The number of anilines is 3. The van der Waals surface area contributed by atoms with Crippen LogP contribution >= 0.6 is 11.6 Å². The molecule has 3 rings (SSSR count). The lowest BCUT2D eigenvalue weighted by molar-refractivity contribution is 0.101. The number of nitrogens with one attached hydrogen (secondary N) is 2. The highest BCUT2D eigenvalue weighted by molar-refractivity contribution is 6.33. The Kier molecular flexibility index (Phi) is 5.29. The normalized spacial score (nSPS) is 10.2. The Bertz CT molecular complexity index is 955. The number of benzene rings is 2. The first-order valence-corrected chi connectivity index (χ1v) is 8.31. The van der Waals surface area contributed by atoms with E-state index in [4.69, 9.17) is 11.6 Å². The molecule has 26 heavy (non-hydrogen) atoms. The molecule has 0 bridgehead atoms. The van der Waals surface area contributed by atoms with E-state index in [2.05, 4.69) is 15.6 Å². The van der Waals surface area contributed by atoms with Gasteiger partial charge in [0.15, 0.2) is 5.78 Å². The Morgan fingerprint density at radius 2 is 1.69 bits per heavy atom. The van der Waals surface area contributed by atoms with Crippen LogP contribution in [0.2, 0.25) is 5.02 Å². The first-order valence-electron chi connectivity index (χ1n) is 7.93. The SMILES string of the molecule is CC(=O)c1ccc(NC(=O)c2cc(Nc3ccccc3Cl)ccn2)cc1. The Morgan fingerprint density at radius 1 is 0.962 bits per heavy atom. The molecule has 0 aliphatic carbocycles. The molecule has 0 radical (unpaired) electrons. The van der Waals surface area contributed by atoms with Crippen molar-refractivity contribution >= 4 is 40.4 Å². The molecular formula is C20H16ClN3O2. The number of halogens is 1. The van der Waals surface area contributed by atoms with Crippen molar-refractivity contribution in [2.75, 3.05) is 10.6 Å². The van der Waals surface area contributed by atoms with Crippen molar-refractivity contribution in [1.82, 2.24) is 4.98 Å². The number of amides is 1. The van der Waals surface area contributed by atoms with Gasteiger partial charge >= 0.3 is 0 Å². The second kappa shape index (κ2) is 7.80. The van der Waals surface area contributed by atoms with Gasteiger partial charge in [-0.15, -0.1) is 0 Å². The third kappa shape index (κ3) is 4.26. The molecule has 1 aromatic heterocycles. The van der Waals surface area contributed by atoms with E-state index in [1.54, 1.807) is 48.7 Å². The van der Waals surface area contributed by atoms with Crippen molar-refractivity contribution in [3.05, 3.63) is 83.1 Å². The van der Waals surface area contributed by atoms with Gasteiger partial charge in [-0.1, -0.05) is 23.7 Å². The molecule has 1 amide bonds. The van der Waals surface area contributed by atoms with Gasteiger partial charge in [-0.2, -0.15) is 0 Å². The highest BCUT2D eigenvalue weighted by Crippen LogP contribution is 2.25. The van der Waals surface area contributed by atoms with Crippen molar-refractivity contribution in [3.63, 3.8) is 0 Å². The van der Waals surface area contributed by atoms with E-state index in [0.717, 1.165) is 5.69 Å². The maximum atomic E-state index is 12.4. The Labute approximate surface area is 156 Å². The smallest absolute Gasteiger partial charge is 0.274 e. The van der Waals surface area contributed by atoms with E-state index in [1.165, 1.54) is 6.92 Å². The van der Waals surface area contributed by atoms with Gasteiger partial charge in [-0.25, -0.2) is 0 Å². The fraction of sp³-hybridized carbons (Fsp3) is 0.0500. The molecule has 0 unspecified atom stereocenters. The van der Waals surface area contributed by atoms with Crippen molar-refractivity contribution < 1.29 is 9.59 Å². The Hall–Kier alpha value is -3.18. The largest absolute Gasteiger partial charge is 0.354 e. The van der Waals surface area contributed by atoms with Gasteiger partial charge < -0.3 is 10.6 Å². The summed E-state index contributed by atoms with van der Waals surface area (Å²) < 4.78 is 0. The van der Waals surface area contributed by atoms with E-state index in [-0.39, 0.29) is 17.4 Å². The van der Waals surface area contributed by atoms with Gasteiger partial charge in [0.1, 0.15) is 5.69 Å². The number of hydrogen-bond donors (Lipinski definition) is 2. The molecule has 0 saturated heterocycles. The average molecular weight is 366 g/mol. The minimum atomic E-state index is -0.344. The second-order valence-electron chi connectivity index (χ2n) is 5.62. The summed E-state index contributed by atoms with van der Waals surface area (Å²) in [5.74, 6) is -0.369. The van der Waals surface area contributed by atoms with Crippen LogP contribution in [0.5, 0.6) is 0 Å². The highest BCUT2D eigenvalue weighted by atomic mass is 35.5. The summed E-state index contributed by atoms with van der Waals surface area (Å²) in [6, 6.07) is 17.4. The standard InChI is InChI=1S/C20H16ClN3O2/c1-13(25)14-6-8-15(9-7-14)24-20(26)19-12-16(10-11-22-19)23-18-5-3-2-4-17(18)21/h2-12H,1H3,(H,22,23)(H,24,26). The first-order chi connectivity index (χ1) is 12.5. The maximum absolute atomic E-state index is 12.4. The number of para-hydroxylation sites is 1. The van der Waals surface area contributed by atoms with E-state index in [9.17, 15) is 9.59 Å². The summed E-state index contributed by atoms with van der Waals surface area (Å²) in [6.45, 7) is 1.50. The molecule has 130 valence electrons. The van der Waals surface area contributed by atoms with Gasteiger partial charge in [0, 0.05) is 23.1 Å². The maximum Gasteiger partial charge on any atom is 0.274 e. The second-order valence-corrected chi connectivity index (χ2v) is 6.03. The summed E-state index contributed by atoms with van der Waals surface area (Å²) in [5, 5.41) is 6.51. The van der Waals surface area contributed by atoms with Crippen LogP contribution in [-0.4, -0.2) is 16.7 Å². The van der Waals surface area contributed by atoms with Crippen molar-refractivity contribution in [2.24, 2.45) is 0 Å². The summed E-state index contributed by atoms with van der Waals surface area (Å²) in [7, 11) is 0. The molecule has 2 N–H and O–H groups in total. The van der Waals surface area contributed by atoms with Gasteiger partial charge in [0.05, 0.1) is 10.7 Å². The highest BCUT2D eigenvalue weighted by Gasteiger charge is 2.10. The Balaban J connectivity index is 1.74. The topological polar surface area (TPSA) is 71.1 Å². The number of ketones is 1. The van der Waals surface area contributed by atoms with Crippen molar-refractivity contribution in [3.8, 4) is 0 Å². The molecule has 0 aliphatic rings. The zero-order chi connectivity index (χ0) is 18.5. The van der Waals surface area contributed by atoms with Gasteiger partial charge in [0.25, 0.3) is 5.91 Å². The molecule has 0 atom stereocenters. The molecular weight excluding hydrogens is 350 g/mol. The summed E-state index contributed by atoms with van der Waals surface area (Å²) in [5.41, 5.74) is 2.88. The summed E-state index contributed by atoms with van der Waals surface area (Å²) >= 11 is 6.14. The Morgan fingerprint density at radius 3 is 2.38 bits per heavy atom. The predicted molar refractivity (Wildman–Crippen MR) is 103 cm³/mol. The first kappa shape index (κ1) is 17.6. The van der Waals surface area contributed by atoms with Crippen LogP contribution < -0.4 is 10.6 Å². The molecule has 6 heteroatoms. The van der Waals surface area contributed by atoms with Gasteiger partial charge in [-0.3, -0.25) is 14.6 Å². The quantitative estimate of drug-likeness (QED) is 0.628. The van der Waals surface area contributed by atoms with Crippen LogP contribution in [0.1, 0.15) is 27.8 Å².